The van der Waals surface area contributed by atoms with Gasteiger partial charge in [-0.2, -0.15) is 0 Å². The van der Waals surface area contributed by atoms with Gasteiger partial charge < -0.3 is 14.7 Å². The van der Waals surface area contributed by atoms with Crippen LogP contribution in [-0.4, -0.2) is 42.2 Å². The van der Waals surface area contributed by atoms with Crippen molar-refractivity contribution in [1.29, 1.82) is 0 Å². The van der Waals surface area contributed by atoms with Gasteiger partial charge in [0, 0.05) is 13.1 Å². The zero-order chi connectivity index (χ0) is 12.3. The fourth-order valence-corrected chi connectivity index (χ4v) is 1.99. The number of aliphatic hydroxyl groups excluding tert-OH is 1. The first kappa shape index (κ1) is 12.1. The topological polar surface area (TPSA) is 49.8 Å². The van der Waals surface area contributed by atoms with Gasteiger partial charge in [0.25, 0.3) is 0 Å². The number of aliphatic hydroxyl groups is 1. The number of hydrogen-bond donors (Lipinski definition) is 1. The number of likely N-dealkylation sites (tertiary alicyclic amines) is 1. The summed E-state index contributed by atoms with van der Waals surface area (Å²) in [5.41, 5.74) is 0.573. The first-order valence-electron chi connectivity index (χ1n) is 5.79. The van der Waals surface area contributed by atoms with Gasteiger partial charge in [0.2, 0.25) is 0 Å². The summed E-state index contributed by atoms with van der Waals surface area (Å²) in [5, 5.41) is 9.83. The second-order valence-corrected chi connectivity index (χ2v) is 4.42. The molecule has 0 aromatic heterocycles. The Kier molecular flexibility index (Phi) is 3.76. The molecule has 4 nitrogen and oxygen atoms in total. The van der Waals surface area contributed by atoms with Crippen LogP contribution in [-0.2, 0) is 9.53 Å². The van der Waals surface area contributed by atoms with Crippen molar-refractivity contribution in [3.63, 3.8) is 0 Å². The maximum Gasteiger partial charge on any atom is 0.339 e. The maximum absolute atomic E-state index is 11.7. The molecule has 4 heteroatoms. The Morgan fingerprint density at radius 1 is 1.47 bits per heavy atom. The molecule has 2 atom stereocenters. The molecular formula is C13H17NO3. The number of benzene rings is 1. The SMILES string of the molecule is CN1CC[C@@H](OC(=O)C(O)c2ccccc2)C1. The van der Waals surface area contributed by atoms with E-state index in [1.54, 1.807) is 24.3 Å². The van der Waals surface area contributed by atoms with Crippen molar-refractivity contribution < 1.29 is 14.6 Å². The molecule has 0 bridgehead atoms. The summed E-state index contributed by atoms with van der Waals surface area (Å²) in [6.45, 7) is 1.67. The molecule has 0 spiro atoms. The Balaban J connectivity index is 1.92. The first-order valence-corrected chi connectivity index (χ1v) is 5.79. The van der Waals surface area contributed by atoms with Crippen LogP contribution in [0.5, 0.6) is 0 Å². The molecule has 1 heterocycles. The highest BCUT2D eigenvalue weighted by Gasteiger charge is 2.26. The average molecular weight is 235 g/mol. The molecule has 0 amide bonds. The van der Waals surface area contributed by atoms with Crippen molar-refractivity contribution in [2.24, 2.45) is 0 Å². The van der Waals surface area contributed by atoms with E-state index in [-0.39, 0.29) is 6.10 Å². The summed E-state index contributed by atoms with van der Waals surface area (Å²) in [6.07, 6.45) is -0.433. The molecule has 1 aliphatic rings. The third-order valence-corrected chi connectivity index (χ3v) is 2.97. The molecule has 1 unspecified atom stereocenters. The van der Waals surface area contributed by atoms with E-state index in [9.17, 15) is 9.90 Å². The lowest BCUT2D eigenvalue weighted by Gasteiger charge is -2.15. The second-order valence-electron chi connectivity index (χ2n) is 4.42. The van der Waals surface area contributed by atoms with Gasteiger partial charge in [-0.25, -0.2) is 4.79 Å². The van der Waals surface area contributed by atoms with Crippen LogP contribution in [0.15, 0.2) is 30.3 Å². The number of hydrogen-bond acceptors (Lipinski definition) is 4. The molecule has 1 aromatic rings. The van der Waals surface area contributed by atoms with Gasteiger partial charge >= 0.3 is 5.97 Å². The number of nitrogens with zero attached hydrogens (tertiary/aromatic N) is 1. The van der Waals surface area contributed by atoms with Gasteiger partial charge in [0.05, 0.1) is 0 Å². The van der Waals surface area contributed by atoms with E-state index in [0.29, 0.717) is 5.56 Å². The number of carbonyl (C=O) groups excluding carboxylic acids is 1. The summed E-state index contributed by atoms with van der Waals surface area (Å²) in [6, 6.07) is 8.84. The third-order valence-electron chi connectivity index (χ3n) is 2.97. The first-order chi connectivity index (χ1) is 8.16. The standard InChI is InChI=1S/C13H17NO3/c1-14-8-7-11(9-14)17-13(16)12(15)10-5-3-2-4-6-10/h2-6,11-12,15H,7-9H2,1H3/t11-,12?/m1/s1. The van der Waals surface area contributed by atoms with Gasteiger partial charge in [-0.15, -0.1) is 0 Å². The van der Waals surface area contributed by atoms with E-state index in [0.717, 1.165) is 19.5 Å². The van der Waals surface area contributed by atoms with E-state index in [1.807, 2.05) is 13.1 Å². The smallest absolute Gasteiger partial charge is 0.339 e. The van der Waals surface area contributed by atoms with Crippen molar-refractivity contribution >= 4 is 5.97 Å². The lowest BCUT2D eigenvalue weighted by molar-refractivity contribution is -0.158. The monoisotopic (exact) mass is 235 g/mol. The molecule has 1 aliphatic heterocycles. The molecule has 0 saturated carbocycles. The fourth-order valence-electron chi connectivity index (χ4n) is 1.99. The Bertz CT molecular complexity index is 380. The van der Waals surface area contributed by atoms with Crippen molar-refractivity contribution in [2.45, 2.75) is 18.6 Å². The van der Waals surface area contributed by atoms with E-state index in [2.05, 4.69) is 4.90 Å². The second kappa shape index (κ2) is 5.29. The quantitative estimate of drug-likeness (QED) is 0.793. The number of ether oxygens (including phenoxy) is 1. The van der Waals surface area contributed by atoms with Crippen LogP contribution in [0.3, 0.4) is 0 Å². The number of likely N-dealkylation sites (N-methyl/N-ethyl adjacent to an activating group) is 1. The summed E-state index contributed by atoms with van der Waals surface area (Å²) in [7, 11) is 1.99. The molecule has 1 saturated heterocycles. The molecule has 0 aliphatic carbocycles. The van der Waals surface area contributed by atoms with Crippen LogP contribution in [0.1, 0.15) is 18.1 Å². The predicted octanol–water partition coefficient (Wildman–Crippen LogP) is 0.967. The lowest BCUT2D eigenvalue weighted by atomic mass is 10.1. The van der Waals surface area contributed by atoms with Gasteiger partial charge in [-0.1, -0.05) is 30.3 Å². The number of carbonyl (C=O) groups is 1. The molecule has 92 valence electrons. The van der Waals surface area contributed by atoms with E-state index < -0.39 is 12.1 Å². The highest BCUT2D eigenvalue weighted by atomic mass is 16.6. The van der Waals surface area contributed by atoms with Crippen LogP contribution in [0.4, 0.5) is 0 Å². The van der Waals surface area contributed by atoms with Crippen LogP contribution >= 0.6 is 0 Å². The molecule has 0 radical (unpaired) electrons. The fraction of sp³-hybridized carbons (Fsp3) is 0.462. The van der Waals surface area contributed by atoms with E-state index in [1.165, 1.54) is 0 Å². The van der Waals surface area contributed by atoms with E-state index in [4.69, 9.17) is 4.74 Å². The minimum absolute atomic E-state index is 0.0918. The molecule has 17 heavy (non-hydrogen) atoms. The highest BCUT2D eigenvalue weighted by Crippen LogP contribution is 2.17. The highest BCUT2D eigenvalue weighted by molar-refractivity contribution is 5.76. The minimum atomic E-state index is -1.18. The Hall–Kier alpha value is -1.39. The molecule has 2 rings (SSSR count). The van der Waals surface area contributed by atoms with Gasteiger partial charge in [0.1, 0.15) is 6.10 Å². The van der Waals surface area contributed by atoms with Crippen LogP contribution in [0.25, 0.3) is 0 Å². The summed E-state index contributed by atoms with van der Waals surface area (Å²) < 4.78 is 5.27. The predicted molar refractivity (Wildman–Crippen MR) is 63.4 cm³/mol. The van der Waals surface area contributed by atoms with Crippen LogP contribution in [0, 0.1) is 0 Å². The van der Waals surface area contributed by atoms with Crippen molar-refractivity contribution in [3.05, 3.63) is 35.9 Å². The molecule has 1 aromatic carbocycles. The Morgan fingerprint density at radius 3 is 2.76 bits per heavy atom. The summed E-state index contributed by atoms with van der Waals surface area (Å²) >= 11 is 0. The molecular weight excluding hydrogens is 218 g/mol. The van der Waals surface area contributed by atoms with Crippen molar-refractivity contribution in [3.8, 4) is 0 Å². The third kappa shape index (κ3) is 3.05. The summed E-state index contributed by atoms with van der Waals surface area (Å²) in [4.78, 5) is 13.8. The lowest BCUT2D eigenvalue weighted by Crippen LogP contribution is -2.25. The Morgan fingerprint density at radius 2 is 2.18 bits per heavy atom. The zero-order valence-electron chi connectivity index (χ0n) is 9.87. The van der Waals surface area contributed by atoms with Crippen molar-refractivity contribution in [2.75, 3.05) is 20.1 Å². The Labute approximate surface area is 101 Å². The number of esters is 1. The maximum atomic E-state index is 11.7. The average Bonchev–Trinajstić information content (AvgIpc) is 2.75. The normalized spacial score (nSPS) is 22.4. The van der Waals surface area contributed by atoms with Crippen molar-refractivity contribution in [1.82, 2.24) is 4.90 Å². The summed E-state index contributed by atoms with van der Waals surface area (Å²) in [5.74, 6) is -0.559. The molecule has 1 fully saturated rings. The largest absolute Gasteiger partial charge is 0.459 e. The van der Waals surface area contributed by atoms with E-state index >= 15 is 0 Å². The molecule has 1 N–H and O–H groups in total. The zero-order valence-corrected chi connectivity index (χ0v) is 9.87. The number of rotatable bonds is 3. The minimum Gasteiger partial charge on any atom is -0.459 e. The van der Waals surface area contributed by atoms with Crippen LogP contribution in [0.2, 0.25) is 0 Å². The van der Waals surface area contributed by atoms with Gasteiger partial charge in [-0.05, 0) is 19.0 Å². The van der Waals surface area contributed by atoms with Gasteiger partial charge in [-0.3, -0.25) is 0 Å². The van der Waals surface area contributed by atoms with Gasteiger partial charge in [0.15, 0.2) is 6.10 Å². The van der Waals surface area contributed by atoms with Crippen LogP contribution < -0.4 is 0 Å².